The third-order valence-corrected chi connectivity index (χ3v) is 0.749. The Balaban J connectivity index is 2.25. The van der Waals surface area contributed by atoms with Crippen molar-refractivity contribution in [2.45, 2.75) is 0 Å². The molecular weight excluding hydrogens is 92.1 g/mol. The van der Waals surface area contributed by atoms with Crippen LogP contribution in [-0.2, 0) is 4.79 Å². The number of hydrogen-bond acceptors (Lipinski definition) is 2. The lowest BCUT2D eigenvalue weighted by atomic mass is 10.4. The maximum absolute atomic E-state index is 10.2. The van der Waals surface area contributed by atoms with Crippen molar-refractivity contribution >= 4 is 5.91 Å². The van der Waals surface area contributed by atoms with Gasteiger partial charge in [-0.05, 0) is 0 Å². The van der Waals surface area contributed by atoms with E-state index in [9.17, 15) is 4.79 Å². The van der Waals surface area contributed by atoms with Crippen molar-refractivity contribution in [3.63, 3.8) is 0 Å². The molecule has 1 N–H and O–H groups in total. The van der Waals surface area contributed by atoms with Crippen LogP contribution in [0.4, 0.5) is 0 Å². The Hall–Kier alpha value is -0.570. The first-order chi connectivity index (χ1) is 3.39. The Labute approximate surface area is 42.1 Å². The molecule has 0 unspecified atom stereocenters. The summed E-state index contributed by atoms with van der Waals surface area (Å²) in [5.41, 5.74) is 0. The van der Waals surface area contributed by atoms with Gasteiger partial charge in [-0.15, -0.1) is 0 Å². The van der Waals surface area contributed by atoms with Crippen molar-refractivity contribution in [3.05, 3.63) is 6.54 Å². The monoisotopic (exact) mass is 98.0 g/mol. The second-order valence-corrected chi connectivity index (χ2v) is 1.32. The zero-order chi connectivity index (χ0) is 5.11. The minimum Gasteiger partial charge on any atom is -0.302 e. The molecule has 1 heterocycles. The predicted octanol–water partition coefficient (Wildman–Crippen LogP) is -1.12. The van der Waals surface area contributed by atoms with Crippen LogP contribution in [0, 0.1) is 6.54 Å². The Kier molecular flexibility index (Phi) is 1.26. The van der Waals surface area contributed by atoms with Crippen LogP contribution >= 0.6 is 0 Å². The van der Waals surface area contributed by atoms with Gasteiger partial charge >= 0.3 is 0 Å². The molecule has 1 aliphatic rings. The molecule has 1 saturated heterocycles. The van der Waals surface area contributed by atoms with Crippen molar-refractivity contribution in [2.75, 3.05) is 13.1 Å². The zero-order valence-corrected chi connectivity index (χ0v) is 3.85. The van der Waals surface area contributed by atoms with E-state index in [-0.39, 0.29) is 5.91 Å². The molecule has 1 rings (SSSR count). The summed E-state index contributed by atoms with van der Waals surface area (Å²) in [6, 6.07) is 0. The lowest BCUT2D eigenvalue weighted by molar-refractivity contribution is -0.119. The molecule has 3 nitrogen and oxygen atoms in total. The molecule has 0 aromatic carbocycles. The summed E-state index contributed by atoms with van der Waals surface area (Å²) in [4.78, 5) is 10.2. The molecule has 2 radical (unpaired) electrons. The van der Waals surface area contributed by atoms with Crippen molar-refractivity contribution < 1.29 is 4.79 Å². The average Bonchev–Trinajstić information content (AvgIpc) is 1.69. The van der Waals surface area contributed by atoms with Gasteiger partial charge in [0.25, 0.3) is 5.91 Å². The topological polar surface area (TPSA) is 43.2 Å². The van der Waals surface area contributed by atoms with E-state index in [0.717, 1.165) is 6.54 Å². The molecular formula is C4H6N2O. The molecule has 0 aromatic heterocycles. The Bertz CT molecular complexity index is 73.8. The highest BCUT2D eigenvalue weighted by atomic mass is 16.2. The van der Waals surface area contributed by atoms with E-state index in [1.54, 1.807) is 0 Å². The van der Waals surface area contributed by atoms with Gasteiger partial charge in [0.2, 0.25) is 0 Å². The van der Waals surface area contributed by atoms with Gasteiger partial charge in [0.05, 0.1) is 6.54 Å². The summed E-state index contributed by atoms with van der Waals surface area (Å²) in [7, 11) is 0. The van der Waals surface area contributed by atoms with E-state index >= 15 is 0 Å². The van der Waals surface area contributed by atoms with Crippen LogP contribution < -0.4 is 10.6 Å². The molecule has 0 bridgehead atoms. The lowest BCUT2D eigenvalue weighted by Crippen LogP contribution is -2.36. The smallest absolute Gasteiger partial charge is 0.260 e. The molecule has 1 amide bonds. The molecule has 7 heavy (non-hydrogen) atoms. The van der Waals surface area contributed by atoms with E-state index in [0.29, 0.717) is 6.54 Å². The van der Waals surface area contributed by atoms with Gasteiger partial charge in [0.15, 0.2) is 0 Å². The fourth-order valence-corrected chi connectivity index (χ4v) is 0.436. The van der Waals surface area contributed by atoms with Crippen molar-refractivity contribution in [1.82, 2.24) is 10.6 Å². The fourth-order valence-electron chi connectivity index (χ4n) is 0.436. The number of carbonyl (C=O) groups is 1. The number of hydrogen-bond donors (Lipinski definition) is 1. The highest BCUT2D eigenvalue weighted by Crippen LogP contribution is 1.78. The summed E-state index contributed by atoms with van der Waals surface area (Å²) >= 11 is 0. The maximum Gasteiger partial charge on any atom is 0.260 e. The van der Waals surface area contributed by atoms with Crippen LogP contribution in [0.5, 0.6) is 0 Å². The van der Waals surface area contributed by atoms with Gasteiger partial charge in [0.1, 0.15) is 6.54 Å². The van der Waals surface area contributed by atoms with E-state index in [2.05, 4.69) is 10.6 Å². The summed E-state index contributed by atoms with van der Waals surface area (Å²) < 4.78 is 0. The molecule has 1 aliphatic heterocycles. The van der Waals surface area contributed by atoms with E-state index < -0.39 is 0 Å². The standard InChI is InChI=1S/C4H6N2O/c7-4-3-5-1-2-6-4/h3,5H,1-2H2. The molecule has 1 fully saturated rings. The Morgan fingerprint density at radius 1 is 1.86 bits per heavy atom. The first-order valence-corrected chi connectivity index (χ1v) is 2.17. The summed E-state index contributed by atoms with van der Waals surface area (Å²) in [6.45, 7) is 2.80. The maximum atomic E-state index is 10.2. The molecule has 38 valence electrons. The van der Waals surface area contributed by atoms with Crippen molar-refractivity contribution in [1.29, 1.82) is 0 Å². The van der Waals surface area contributed by atoms with E-state index in [4.69, 9.17) is 0 Å². The van der Waals surface area contributed by atoms with Crippen LogP contribution in [0.1, 0.15) is 0 Å². The first kappa shape index (κ1) is 4.59. The predicted molar refractivity (Wildman–Crippen MR) is 24.3 cm³/mol. The second-order valence-electron chi connectivity index (χ2n) is 1.32. The van der Waals surface area contributed by atoms with Gasteiger partial charge in [-0.1, -0.05) is 0 Å². The van der Waals surface area contributed by atoms with Crippen LogP contribution in [0.25, 0.3) is 0 Å². The van der Waals surface area contributed by atoms with Gasteiger partial charge in [-0.3, -0.25) is 4.79 Å². The highest BCUT2D eigenvalue weighted by Gasteiger charge is 2.06. The summed E-state index contributed by atoms with van der Waals surface area (Å²) in [5.74, 6) is -0.147. The number of piperazine rings is 1. The van der Waals surface area contributed by atoms with Crippen LogP contribution in [0.15, 0.2) is 0 Å². The Morgan fingerprint density at radius 2 is 2.71 bits per heavy atom. The molecule has 0 aliphatic carbocycles. The van der Waals surface area contributed by atoms with Gasteiger partial charge in [-0.2, -0.15) is 0 Å². The highest BCUT2D eigenvalue weighted by molar-refractivity contribution is 5.84. The third-order valence-electron chi connectivity index (χ3n) is 0.749. The lowest BCUT2D eigenvalue weighted by Gasteiger charge is -2.07. The van der Waals surface area contributed by atoms with Crippen LogP contribution in [0.3, 0.4) is 0 Å². The average molecular weight is 98.1 g/mol. The Morgan fingerprint density at radius 3 is 3.00 bits per heavy atom. The first-order valence-electron chi connectivity index (χ1n) is 2.17. The van der Waals surface area contributed by atoms with Crippen molar-refractivity contribution in [3.8, 4) is 0 Å². The second kappa shape index (κ2) is 1.93. The fraction of sp³-hybridized carbons (Fsp3) is 0.500. The molecule has 0 saturated carbocycles. The SMILES string of the molecule is O=C1[CH]NCC[N]1. The number of amides is 1. The zero-order valence-electron chi connectivity index (χ0n) is 3.85. The summed E-state index contributed by atoms with van der Waals surface area (Å²) in [6.07, 6.45) is 0. The molecule has 0 atom stereocenters. The number of nitrogens with zero attached hydrogens (tertiary/aromatic N) is 1. The number of rotatable bonds is 0. The number of carbonyl (C=O) groups excluding carboxylic acids is 1. The van der Waals surface area contributed by atoms with Gasteiger partial charge < -0.3 is 5.32 Å². The van der Waals surface area contributed by atoms with Crippen molar-refractivity contribution in [2.24, 2.45) is 0 Å². The van der Waals surface area contributed by atoms with Crippen LogP contribution in [-0.4, -0.2) is 19.0 Å². The quantitative estimate of drug-likeness (QED) is 0.417. The molecule has 0 aromatic rings. The number of nitrogens with one attached hydrogen (secondary N) is 1. The van der Waals surface area contributed by atoms with Crippen LogP contribution in [0.2, 0.25) is 0 Å². The van der Waals surface area contributed by atoms with E-state index in [1.165, 1.54) is 6.54 Å². The molecule has 3 heteroatoms. The van der Waals surface area contributed by atoms with Gasteiger partial charge in [0, 0.05) is 6.54 Å². The minimum atomic E-state index is -0.147. The van der Waals surface area contributed by atoms with E-state index in [1.807, 2.05) is 0 Å². The largest absolute Gasteiger partial charge is 0.302 e. The third kappa shape index (κ3) is 1.16. The normalized spacial score (nSPS) is 21.4. The van der Waals surface area contributed by atoms with Gasteiger partial charge in [-0.25, -0.2) is 5.32 Å². The summed E-state index contributed by atoms with van der Waals surface area (Å²) in [5, 5.41) is 6.34. The minimum absolute atomic E-state index is 0.147. The molecule has 0 spiro atoms.